The molecule has 0 saturated heterocycles. The molecule has 0 spiro atoms. The number of carbonyl (C=O) groups is 2. The molecule has 8 nitrogen and oxygen atoms in total. The zero-order valence-electron chi connectivity index (χ0n) is 24.3. The summed E-state index contributed by atoms with van der Waals surface area (Å²) in [5.41, 5.74) is 1.31. The van der Waals surface area contributed by atoms with Crippen molar-refractivity contribution in [2.45, 2.75) is 64.6 Å². The molecule has 0 aliphatic carbocycles. The van der Waals surface area contributed by atoms with Crippen molar-refractivity contribution in [3.05, 3.63) is 89.7 Å². The molecule has 1 N–H and O–H groups in total. The van der Waals surface area contributed by atoms with Gasteiger partial charge in [-0.25, -0.2) is 12.8 Å². The number of halogens is 1. The van der Waals surface area contributed by atoms with Crippen molar-refractivity contribution in [2.24, 2.45) is 0 Å². The van der Waals surface area contributed by atoms with Crippen molar-refractivity contribution < 1.29 is 27.1 Å². The molecular weight excluding hydrogens is 545 g/mol. The molecule has 3 aromatic carbocycles. The Morgan fingerprint density at radius 2 is 1.59 bits per heavy atom. The van der Waals surface area contributed by atoms with Crippen LogP contribution in [0.25, 0.3) is 0 Å². The van der Waals surface area contributed by atoms with Gasteiger partial charge in [0.15, 0.2) is 0 Å². The molecule has 10 heteroatoms. The third-order valence-electron chi connectivity index (χ3n) is 6.38. The van der Waals surface area contributed by atoms with Gasteiger partial charge in [-0.2, -0.15) is 0 Å². The van der Waals surface area contributed by atoms with Gasteiger partial charge in [0, 0.05) is 12.1 Å². The van der Waals surface area contributed by atoms with E-state index in [9.17, 15) is 22.4 Å². The number of hydrogen-bond donors (Lipinski definition) is 1. The van der Waals surface area contributed by atoms with Crippen LogP contribution in [0.15, 0.2) is 77.7 Å². The van der Waals surface area contributed by atoms with E-state index in [1.807, 2.05) is 58.9 Å². The van der Waals surface area contributed by atoms with E-state index in [0.29, 0.717) is 12.4 Å². The summed E-state index contributed by atoms with van der Waals surface area (Å²) < 4.78 is 47.9. The average Bonchev–Trinajstić information content (AvgIpc) is 2.91. The second-order valence-electron chi connectivity index (χ2n) is 10.8. The van der Waals surface area contributed by atoms with Gasteiger partial charge < -0.3 is 15.0 Å². The lowest BCUT2D eigenvalue weighted by molar-refractivity contribution is -0.140. The monoisotopic (exact) mass is 583 g/mol. The zero-order valence-corrected chi connectivity index (χ0v) is 25.2. The van der Waals surface area contributed by atoms with Crippen molar-refractivity contribution in [3.8, 4) is 5.75 Å². The third kappa shape index (κ3) is 8.29. The summed E-state index contributed by atoms with van der Waals surface area (Å²) in [7, 11) is -4.28. The second kappa shape index (κ2) is 13.2. The summed E-state index contributed by atoms with van der Waals surface area (Å²) in [5, 5.41) is 2.90. The van der Waals surface area contributed by atoms with Crippen LogP contribution in [0, 0.1) is 12.7 Å². The molecule has 0 heterocycles. The molecule has 0 aliphatic rings. The first kappa shape index (κ1) is 31.6. The lowest BCUT2D eigenvalue weighted by atomic mass is 10.1. The number of rotatable bonds is 11. The molecule has 2 amide bonds. The molecule has 1 unspecified atom stereocenters. The molecule has 3 rings (SSSR count). The Balaban J connectivity index is 2.04. The minimum atomic E-state index is -4.28. The lowest BCUT2D eigenvalue weighted by Gasteiger charge is -2.33. The quantitative estimate of drug-likeness (QED) is 0.341. The fourth-order valence-corrected chi connectivity index (χ4v) is 5.58. The molecule has 3 aromatic rings. The van der Waals surface area contributed by atoms with Gasteiger partial charge in [-0.3, -0.25) is 13.9 Å². The Morgan fingerprint density at radius 1 is 0.976 bits per heavy atom. The fourth-order valence-electron chi connectivity index (χ4n) is 4.17. The van der Waals surface area contributed by atoms with Crippen LogP contribution in [0.2, 0.25) is 0 Å². The van der Waals surface area contributed by atoms with E-state index in [-0.39, 0.29) is 23.0 Å². The first-order valence-electron chi connectivity index (χ1n) is 13.4. The number of hydrogen-bond acceptors (Lipinski definition) is 5. The van der Waals surface area contributed by atoms with Gasteiger partial charge >= 0.3 is 0 Å². The molecule has 0 aliphatic heterocycles. The van der Waals surface area contributed by atoms with Crippen LogP contribution in [0.4, 0.5) is 10.1 Å². The minimum absolute atomic E-state index is 0.0675. The number of amides is 2. The number of nitrogens with one attached hydrogen (secondary N) is 1. The highest BCUT2D eigenvalue weighted by molar-refractivity contribution is 7.92. The molecule has 220 valence electrons. The third-order valence-corrected chi connectivity index (χ3v) is 8.17. The number of anilines is 1. The van der Waals surface area contributed by atoms with Crippen LogP contribution in [0.5, 0.6) is 5.75 Å². The van der Waals surface area contributed by atoms with Crippen LogP contribution >= 0.6 is 0 Å². The van der Waals surface area contributed by atoms with Gasteiger partial charge in [0.1, 0.15) is 24.2 Å². The Hall–Kier alpha value is -3.92. The molecule has 41 heavy (non-hydrogen) atoms. The maximum atomic E-state index is 14.0. The van der Waals surface area contributed by atoms with E-state index in [4.69, 9.17) is 4.74 Å². The summed E-state index contributed by atoms with van der Waals surface area (Å²) in [6, 6.07) is 17.3. The number of benzene rings is 3. The number of sulfonamides is 1. The predicted molar refractivity (Wildman–Crippen MR) is 158 cm³/mol. The molecular formula is C31H38FN3O5S. The van der Waals surface area contributed by atoms with Crippen LogP contribution in [-0.2, 0) is 26.2 Å². The highest BCUT2D eigenvalue weighted by Gasteiger charge is 2.33. The lowest BCUT2D eigenvalue weighted by Crippen LogP contribution is -2.54. The van der Waals surface area contributed by atoms with Crippen molar-refractivity contribution >= 4 is 27.5 Å². The highest BCUT2D eigenvalue weighted by atomic mass is 32.2. The fraction of sp³-hybridized carbons (Fsp3) is 0.355. The Bertz CT molecular complexity index is 1450. The summed E-state index contributed by atoms with van der Waals surface area (Å²) in [4.78, 5) is 28.5. The van der Waals surface area contributed by atoms with E-state index < -0.39 is 39.9 Å². The van der Waals surface area contributed by atoms with Crippen LogP contribution in [0.1, 0.15) is 45.7 Å². The predicted octanol–water partition coefficient (Wildman–Crippen LogP) is 5.06. The Kier molecular flexibility index (Phi) is 10.1. The largest absolute Gasteiger partial charge is 0.494 e. The summed E-state index contributed by atoms with van der Waals surface area (Å²) in [5.74, 6) is -1.02. The first-order valence-corrected chi connectivity index (χ1v) is 14.8. The number of carbonyl (C=O) groups excluding carboxylic acids is 2. The van der Waals surface area contributed by atoms with E-state index in [0.717, 1.165) is 27.6 Å². The normalized spacial score (nSPS) is 12.4. The van der Waals surface area contributed by atoms with Crippen molar-refractivity contribution in [2.75, 3.05) is 17.5 Å². The zero-order chi connectivity index (χ0) is 30.4. The summed E-state index contributed by atoms with van der Waals surface area (Å²) in [6.45, 7) is 10.7. The highest BCUT2D eigenvalue weighted by Crippen LogP contribution is 2.26. The average molecular weight is 584 g/mol. The van der Waals surface area contributed by atoms with E-state index in [1.54, 1.807) is 6.92 Å². The Morgan fingerprint density at radius 3 is 2.15 bits per heavy atom. The SMILES string of the molecule is CCOc1ccc(S(=O)(=O)N(CC(=O)N(Cc2ccccc2C)C(C)C(=O)NC(C)(C)C)c2ccc(F)cc2)cc1. The van der Waals surface area contributed by atoms with E-state index >= 15 is 0 Å². The van der Waals surface area contributed by atoms with E-state index in [1.165, 1.54) is 41.3 Å². The topological polar surface area (TPSA) is 96.0 Å². The molecule has 0 aromatic heterocycles. The molecule has 0 radical (unpaired) electrons. The second-order valence-corrected chi connectivity index (χ2v) is 12.6. The summed E-state index contributed by atoms with van der Waals surface area (Å²) >= 11 is 0. The van der Waals surface area contributed by atoms with Gasteiger partial charge in [-0.15, -0.1) is 0 Å². The molecule has 0 fully saturated rings. The number of aryl methyl sites for hydroxylation is 1. The Labute approximate surface area is 242 Å². The molecule has 0 saturated carbocycles. The standard InChI is InChI=1S/C31H38FN3O5S/c1-7-40-27-16-18-28(19-17-27)41(38,39)35(26-14-12-25(32)13-15-26)21-29(36)34(20-24-11-9-8-10-22(24)2)23(3)30(37)33-31(4,5)6/h8-19,23H,7,20-21H2,1-6H3,(H,33,37). The van der Waals surface area contributed by atoms with Crippen LogP contribution in [-0.4, -0.2) is 49.9 Å². The maximum absolute atomic E-state index is 14.0. The van der Waals surface area contributed by atoms with Crippen LogP contribution < -0.4 is 14.4 Å². The van der Waals surface area contributed by atoms with Crippen molar-refractivity contribution in [3.63, 3.8) is 0 Å². The smallest absolute Gasteiger partial charge is 0.264 e. The number of nitrogens with zero attached hydrogens (tertiary/aromatic N) is 2. The van der Waals surface area contributed by atoms with Gasteiger partial charge in [0.05, 0.1) is 17.2 Å². The van der Waals surface area contributed by atoms with Gasteiger partial charge in [-0.1, -0.05) is 24.3 Å². The summed E-state index contributed by atoms with van der Waals surface area (Å²) in [6.07, 6.45) is 0. The maximum Gasteiger partial charge on any atom is 0.264 e. The number of ether oxygens (including phenoxy) is 1. The van der Waals surface area contributed by atoms with Crippen molar-refractivity contribution in [1.82, 2.24) is 10.2 Å². The van der Waals surface area contributed by atoms with Crippen LogP contribution in [0.3, 0.4) is 0 Å². The van der Waals surface area contributed by atoms with Gasteiger partial charge in [0.2, 0.25) is 11.8 Å². The molecule has 0 bridgehead atoms. The first-order chi connectivity index (χ1) is 19.2. The minimum Gasteiger partial charge on any atom is -0.494 e. The van der Waals surface area contributed by atoms with E-state index in [2.05, 4.69) is 5.32 Å². The molecule has 1 atom stereocenters. The van der Waals surface area contributed by atoms with Gasteiger partial charge in [0.25, 0.3) is 10.0 Å². The van der Waals surface area contributed by atoms with Gasteiger partial charge in [-0.05, 0) is 101 Å². The van der Waals surface area contributed by atoms with Crippen molar-refractivity contribution in [1.29, 1.82) is 0 Å².